The van der Waals surface area contributed by atoms with E-state index in [1.807, 2.05) is 40.3 Å². The minimum Gasteiger partial charge on any atom is -0.341 e. The zero-order valence-corrected chi connectivity index (χ0v) is 15.1. The van der Waals surface area contributed by atoms with E-state index in [0.717, 1.165) is 16.1 Å². The summed E-state index contributed by atoms with van der Waals surface area (Å²) >= 11 is 1.48. The van der Waals surface area contributed by atoms with E-state index in [4.69, 9.17) is 0 Å². The van der Waals surface area contributed by atoms with E-state index in [9.17, 15) is 9.18 Å². The molecule has 1 aromatic heterocycles. The smallest absolute Gasteiger partial charge is 0.314 e. The van der Waals surface area contributed by atoms with Gasteiger partial charge in [0.1, 0.15) is 5.82 Å². The number of rotatable bonds is 5. The number of carbonyl (C=O) groups is 1. The predicted molar refractivity (Wildman–Crippen MR) is 102 cm³/mol. The summed E-state index contributed by atoms with van der Waals surface area (Å²) in [5, 5.41) is 7.33. The molecular formula is C19H19FN4OS. The van der Waals surface area contributed by atoms with Gasteiger partial charge in [0.2, 0.25) is 0 Å². The van der Waals surface area contributed by atoms with Crippen molar-refractivity contribution >= 4 is 23.1 Å². The molecule has 0 aliphatic rings. The molecular weight excluding hydrogens is 351 g/mol. The van der Waals surface area contributed by atoms with Gasteiger partial charge in [0.05, 0.1) is 11.4 Å². The van der Waals surface area contributed by atoms with Crippen molar-refractivity contribution in [1.29, 1.82) is 0 Å². The lowest BCUT2D eigenvalue weighted by Gasteiger charge is -2.10. The van der Waals surface area contributed by atoms with E-state index in [1.54, 1.807) is 19.2 Å². The van der Waals surface area contributed by atoms with Gasteiger partial charge in [0.25, 0.3) is 0 Å². The van der Waals surface area contributed by atoms with Crippen LogP contribution in [0.4, 0.5) is 14.9 Å². The second kappa shape index (κ2) is 8.44. The lowest BCUT2D eigenvalue weighted by molar-refractivity contribution is 0.242. The summed E-state index contributed by atoms with van der Waals surface area (Å²) in [5.41, 5.74) is 2.62. The van der Waals surface area contributed by atoms with Crippen LogP contribution in [0.2, 0.25) is 0 Å². The van der Waals surface area contributed by atoms with Crippen LogP contribution in [0, 0.1) is 5.82 Å². The minimum atomic E-state index is -0.320. The molecule has 7 heteroatoms. The highest BCUT2D eigenvalue weighted by atomic mass is 32.1. The molecule has 2 N–H and O–H groups in total. The van der Waals surface area contributed by atoms with E-state index >= 15 is 0 Å². The fraction of sp³-hybridized carbons (Fsp3) is 0.158. The number of urea groups is 1. The van der Waals surface area contributed by atoms with Crippen molar-refractivity contribution in [3.8, 4) is 11.3 Å². The second-order valence-corrected chi connectivity index (χ2v) is 6.36. The normalized spacial score (nSPS) is 11.4. The Balaban J connectivity index is 1.98. The molecule has 0 saturated carbocycles. The first-order valence-electron chi connectivity index (χ1n) is 8.17. The van der Waals surface area contributed by atoms with Gasteiger partial charge in [0.15, 0.2) is 4.80 Å². The van der Waals surface area contributed by atoms with E-state index in [2.05, 4.69) is 15.6 Å². The van der Waals surface area contributed by atoms with Crippen molar-refractivity contribution in [2.24, 2.45) is 4.99 Å². The van der Waals surface area contributed by atoms with Crippen LogP contribution in [0.3, 0.4) is 0 Å². The third kappa shape index (κ3) is 4.37. The number of amides is 2. The van der Waals surface area contributed by atoms with Crippen molar-refractivity contribution < 1.29 is 9.18 Å². The molecule has 3 rings (SSSR count). The Kier molecular flexibility index (Phi) is 5.80. The van der Waals surface area contributed by atoms with Gasteiger partial charge >= 0.3 is 6.03 Å². The third-order valence-electron chi connectivity index (χ3n) is 3.75. The number of nitrogens with zero attached hydrogens (tertiary/aromatic N) is 2. The fourth-order valence-corrected chi connectivity index (χ4v) is 3.46. The Morgan fingerprint density at radius 1 is 1.19 bits per heavy atom. The van der Waals surface area contributed by atoms with Crippen LogP contribution in [0.15, 0.2) is 65.0 Å². The predicted octanol–water partition coefficient (Wildman–Crippen LogP) is 3.52. The molecule has 0 aliphatic heterocycles. The van der Waals surface area contributed by atoms with Gasteiger partial charge < -0.3 is 15.2 Å². The maximum absolute atomic E-state index is 13.5. The van der Waals surface area contributed by atoms with Gasteiger partial charge in [-0.15, -0.1) is 11.3 Å². The molecule has 0 spiro atoms. The molecule has 134 valence electrons. The Labute approximate surface area is 154 Å². The summed E-state index contributed by atoms with van der Waals surface area (Å²) in [6, 6.07) is 15.9. The maximum atomic E-state index is 13.5. The first-order chi connectivity index (χ1) is 12.7. The molecule has 0 bridgehead atoms. The zero-order chi connectivity index (χ0) is 18.4. The molecule has 0 saturated heterocycles. The Morgan fingerprint density at radius 2 is 2.00 bits per heavy atom. The zero-order valence-electron chi connectivity index (χ0n) is 14.3. The molecule has 2 aromatic carbocycles. The molecule has 3 aromatic rings. The minimum absolute atomic E-state index is 0.231. The number of carbonyl (C=O) groups excluding carboxylic acids is 1. The molecule has 2 amide bonds. The summed E-state index contributed by atoms with van der Waals surface area (Å²) in [6.45, 7) is 1.00. The molecule has 0 radical (unpaired) electrons. The Hall–Kier alpha value is -2.93. The standard InChI is InChI=1S/C19H19FN4OS/c1-21-18(25)22-10-11-24-17(14-6-3-2-4-7-14)13-26-19(24)23-16-9-5-8-15(20)12-16/h2-9,12-13H,10-11H2,1H3,(H2,21,22,25). The number of hydrogen-bond acceptors (Lipinski definition) is 3. The topological polar surface area (TPSA) is 58.4 Å². The molecule has 0 atom stereocenters. The first kappa shape index (κ1) is 17.9. The second-order valence-electron chi connectivity index (χ2n) is 5.52. The Bertz CT molecular complexity index is 949. The van der Waals surface area contributed by atoms with E-state index < -0.39 is 0 Å². The first-order valence-corrected chi connectivity index (χ1v) is 9.05. The highest BCUT2D eigenvalue weighted by Crippen LogP contribution is 2.20. The van der Waals surface area contributed by atoms with Crippen molar-refractivity contribution in [2.45, 2.75) is 6.54 Å². The Morgan fingerprint density at radius 3 is 2.73 bits per heavy atom. The quantitative estimate of drug-likeness (QED) is 0.709. The maximum Gasteiger partial charge on any atom is 0.314 e. The lowest BCUT2D eigenvalue weighted by atomic mass is 10.2. The van der Waals surface area contributed by atoms with Crippen molar-refractivity contribution in [1.82, 2.24) is 15.2 Å². The highest BCUT2D eigenvalue weighted by Gasteiger charge is 2.08. The number of benzene rings is 2. The van der Waals surface area contributed by atoms with Gasteiger partial charge in [0, 0.05) is 25.5 Å². The monoisotopic (exact) mass is 370 g/mol. The van der Waals surface area contributed by atoms with Crippen molar-refractivity contribution in [3.63, 3.8) is 0 Å². The number of nitrogens with one attached hydrogen (secondary N) is 2. The largest absolute Gasteiger partial charge is 0.341 e. The van der Waals surface area contributed by atoms with Crippen LogP contribution in [0.1, 0.15) is 0 Å². The van der Waals surface area contributed by atoms with Gasteiger partial charge in [-0.25, -0.2) is 14.2 Å². The summed E-state index contributed by atoms with van der Waals surface area (Å²) in [5.74, 6) is -0.320. The van der Waals surface area contributed by atoms with E-state index in [1.165, 1.54) is 23.5 Å². The van der Waals surface area contributed by atoms with E-state index in [0.29, 0.717) is 18.8 Å². The van der Waals surface area contributed by atoms with Crippen LogP contribution in [0.25, 0.3) is 11.3 Å². The van der Waals surface area contributed by atoms with Crippen LogP contribution in [-0.4, -0.2) is 24.2 Å². The molecule has 26 heavy (non-hydrogen) atoms. The van der Waals surface area contributed by atoms with Gasteiger partial charge in [-0.1, -0.05) is 36.4 Å². The van der Waals surface area contributed by atoms with Crippen LogP contribution >= 0.6 is 11.3 Å². The number of halogens is 1. The molecule has 0 fully saturated rings. The number of thiazole rings is 1. The van der Waals surface area contributed by atoms with Gasteiger partial charge in [-0.2, -0.15) is 0 Å². The molecule has 0 aliphatic carbocycles. The van der Waals surface area contributed by atoms with Crippen LogP contribution < -0.4 is 15.4 Å². The summed E-state index contributed by atoms with van der Waals surface area (Å²) < 4.78 is 15.5. The molecule has 5 nitrogen and oxygen atoms in total. The average molecular weight is 370 g/mol. The van der Waals surface area contributed by atoms with Crippen LogP contribution in [-0.2, 0) is 6.54 Å². The summed E-state index contributed by atoms with van der Waals surface area (Å²) in [4.78, 5) is 16.7. The highest BCUT2D eigenvalue weighted by molar-refractivity contribution is 7.07. The average Bonchev–Trinajstić information content (AvgIpc) is 3.05. The van der Waals surface area contributed by atoms with Gasteiger partial charge in [-0.05, 0) is 23.8 Å². The number of hydrogen-bond donors (Lipinski definition) is 2. The number of aromatic nitrogens is 1. The molecule has 1 heterocycles. The van der Waals surface area contributed by atoms with Crippen molar-refractivity contribution in [3.05, 3.63) is 70.6 Å². The third-order valence-corrected chi connectivity index (χ3v) is 4.61. The van der Waals surface area contributed by atoms with Gasteiger partial charge in [-0.3, -0.25) is 0 Å². The van der Waals surface area contributed by atoms with Crippen LogP contribution in [0.5, 0.6) is 0 Å². The van der Waals surface area contributed by atoms with Crippen molar-refractivity contribution in [2.75, 3.05) is 13.6 Å². The SMILES string of the molecule is CNC(=O)NCCn1c(-c2ccccc2)csc1=Nc1cccc(F)c1. The lowest BCUT2D eigenvalue weighted by Crippen LogP contribution is -2.36. The van der Waals surface area contributed by atoms with E-state index in [-0.39, 0.29) is 11.8 Å². The fourth-order valence-electron chi connectivity index (χ4n) is 2.50. The summed E-state index contributed by atoms with van der Waals surface area (Å²) in [6.07, 6.45) is 0. The summed E-state index contributed by atoms with van der Waals surface area (Å²) in [7, 11) is 1.58. The molecule has 0 unspecified atom stereocenters.